The zero-order chi connectivity index (χ0) is 11.6. The van der Waals surface area contributed by atoms with E-state index in [2.05, 4.69) is 15.9 Å². The average molecular weight is 280 g/mol. The van der Waals surface area contributed by atoms with Crippen molar-refractivity contribution >= 4 is 21.8 Å². The molecule has 0 aromatic carbocycles. The summed E-state index contributed by atoms with van der Waals surface area (Å²) < 4.78 is 4.82. The number of carbonyl (C=O) groups is 1. The van der Waals surface area contributed by atoms with Crippen LogP contribution in [0.5, 0.6) is 0 Å². The van der Waals surface area contributed by atoms with Crippen molar-refractivity contribution in [3.8, 4) is 0 Å². The third-order valence-corrected chi connectivity index (χ3v) is 2.82. The van der Waals surface area contributed by atoms with Gasteiger partial charge in [-0.15, -0.1) is 0 Å². The first kappa shape index (κ1) is 12.9. The Kier molecular flexibility index (Phi) is 4.14. The molecular weight excluding hydrogens is 262 g/mol. The van der Waals surface area contributed by atoms with Crippen molar-refractivity contribution in [1.82, 2.24) is 4.90 Å². The molecule has 0 aromatic rings. The van der Waals surface area contributed by atoms with E-state index in [9.17, 15) is 4.79 Å². The monoisotopic (exact) mass is 279 g/mol. The first-order valence-electron chi connectivity index (χ1n) is 5.08. The molecule has 0 aromatic heterocycles. The van der Waals surface area contributed by atoms with Crippen LogP contribution in [0, 0.1) is 0 Å². The van der Waals surface area contributed by atoms with Crippen molar-refractivity contribution in [1.29, 1.82) is 0 Å². The lowest BCUT2D eigenvalue weighted by Crippen LogP contribution is -2.55. The van der Waals surface area contributed by atoms with Gasteiger partial charge in [-0.2, -0.15) is 0 Å². The van der Waals surface area contributed by atoms with Gasteiger partial charge in [-0.05, 0) is 20.8 Å². The molecule has 1 aliphatic heterocycles. The van der Waals surface area contributed by atoms with Crippen LogP contribution in [0.1, 0.15) is 20.8 Å². The lowest BCUT2D eigenvalue weighted by Gasteiger charge is -2.39. The quantitative estimate of drug-likeness (QED) is 0.760. The summed E-state index contributed by atoms with van der Waals surface area (Å²) >= 11 is 3.35. The van der Waals surface area contributed by atoms with Crippen LogP contribution in [-0.4, -0.2) is 52.1 Å². The molecule has 2 unspecified atom stereocenters. The zero-order valence-electron chi connectivity index (χ0n) is 9.36. The third-order valence-electron chi connectivity index (χ3n) is 2.48. The number of hydrogen-bond acceptors (Lipinski definition) is 3. The van der Waals surface area contributed by atoms with Gasteiger partial charge in [0.05, 0.1) is 29.7 Å². The summed E-state index contributed by atoms with van der Waals surface area (Å²) in [5.74, 6) is 0.0387. The number of ether oxygens (including phenoxy) is 1. The fourth-order valence-corrected chi connectivity index (χ4v) is 1.78. The molecule has 1 heterocycles. The molecule has 0 radical (unpaired) electrons. The second-order valence-corrected chi connectivity index (χ2v) is 6.40. The minimum absolute atomic E-state index is 0.0387. The summed E-state index contributed by atoms with van der Waals surface area (Å²) in [6, 6.07) is 0.0668. The van der Waals surface area contributed by atoms with E-state index in [4.69, 9.17) is 9.84 Å². The molecule has 1 N–H and O–H groups in total. The number of hydrogen-bond donors (Lipinski definition) is 1. The Balaban J connectivity index is 2.70. The Hall–Kier alpha value is -0.130. The van der Waals surface area contributed by atoms with E-state index in [0.29, 0.717) is 13.2 Å². The molecule has 0 spiro atoms. The number of morpholine rings is 1. The molecule has 1 saturated heterocycles. The topological polar surface area (TPSA) is 49.8 Å². The number of aliphatic hydroxyl groups is 1. The molecule has 1 amide bonds. The summed E-state index contributed by atoms with van der Waals surface area (Å²) in [7, 11) is 0. The second-order valence-electron chi connectivity index (χ2n) is 4.42. The minimum Gasteiger partial charge on any atom is -0.394 e. The Morgan fingerprint density at radius 2 is 2.27 bits per heavy atom. The number of carbonyl (C=O) groups excluding carboxylic acids is 1. The van der Waals surface area contributed by atoms with Gasteiger partial charge in [0.1, 0.15) is 0 Å². The van der Waals surface area contributed by atoms with E-state index >= 15 is 0 Å². The highest BCUT2D eigenvalue weighted by molar-refractivity contribution is 9.10. The first-order chi connectivity index (χ1) is 6.86. The summed E-state index contributed by atoms with van der Waals surface area (Å²) in [6.45, 7) is 6.51. The third kappa shape index (κ3) is 3.16. The van der Waals surface area contributed by atoms with Gasteiger partial charge in [0.25, 0.3) is 0 Å². The van der Waals surface area contributed by atoms with E-state index in [1.807, 2.05) is 20.8 Å². The van der Waals surface area contributed by atoms with E-state index < -0.39 is 4.32 Å². The fraction of sp³-hybridized carbons (Fsp3) is 0.900. The Morgan fingerprint density at radius 3 is 2.73 bits per heavy atom. The Morgan fingerprint density at radius 1 is 1.67 bits per heavy atom. The Bertz CT molecular complexity index is 239. The van der Waals surface area contributed by atoms with Gasteiger partial charge < -0.3 is 14.7 Å². The lowest BCUT2D eigenvalue weighted by atomic mass is 10.1. The molecule has 0 saturated carbocycles. The number of aliphatic hydroxyl groups excluding tert-OH is 1. The minimum atomic E-state index is -0.557. The summed E-state index contributed by atoms with van der Waals surface area (Å²) in [4.78, 5) is 13.8. The van der Waals surface area contributed by atoms with Gasteiger partial charge >= 0.3 is 0 Å². The van der Waals surface area contributed by atoms with E-state index in [0.717, 1.165) is 0 Å². The number of nitrogens with zero attached hydrogens (tertiary/aromatic N) is 1. The van der Waals surface area contributed by atoms with E-state index in [-0.39, 0.29) is 24.7 Å². The average Bonchev–Trinajstić information content (AvgIpc) is 2.16. The molecule has 5 heteroatoms. The highest BCUT2D eigenvalue weighted by Crippen LogP contribution is 2.23. The van der Waals surface area contributed by atoms with Crippen molar-refractivity contribution in [3.05, 3.63) is 0 Å². The first-order valence-corrected chi connectivity index (χ1v) is 5.88. The Labute approximate surface area is 98.7 Å². The normalized spacial score (nSPS) is 27.9. The van der Waals surface area contributed by atoms with Crippen molar-refractivity contribution in [2.24, 2.45) is 0 Å². The number of halogens is 1. The predicted molar refractivity (Wildman–Crippen MR) is 61.0 cm³/mol. The molecule has 0 aliphatic carbocycles. The van der Waals surface area contributed by atoms with Crippen LogP contribution in [0.2, 0.25) is 0 Å². The van der Waals surface area contributed by atoms with Crippen LogP contribution in [-0.2, 0) is 9.53 Å². The zero-order valence-corrected chi connectivity index (χ0v) is 11.0. The molecule has 1 rings (SSSR count). The van der Waals surface area contributed by atoms with Crippen molar-refractivity contribution < 1.29 is 14.6 Å². The molecule has 15 heavy (non-hydrogen) atoms. The predicted octanol–water partition coefficient (Wildman–Crippen LogP) is 0.768. The van der Waals surface area contributed by atoms with Gasteiger partial charge in [-0.3, -0.25) is 4.79 Å². The van der Waals surface area contributed by atoms with Gasteiger partial charge in [-0.1, -0.05) is 15.9 Å². The lowest BCUT2D eigenvalue weighted by molar-refractivity contribution is -0.147. The van der Waals surface area contributed by atoms with Crippen molar-refractivity contribution in [2.45, 2.75) is 37.2 Å². The molecule has 1 aliphatic rings. The number of alkyl halides is 1. The smallest absolute Gasteiger partial charge is 0.239 e. The standard InChI is InChI=1S/C10H18BrNO3/c1-7-6-15-8(5-13)4-12(7)9(14)10(2,3)11/h7-8,13H,4-6H2,1-3H3. The summed E-state index contributed by atoms with van der Waals surface area (Å²) in [5, 5.41) is 9.00. The van der Waals surface area contributed by atoms with Gasteiger partial charge in [-0.25, -0.2) is 0 Å². The van der Waals surface area contributed by atoms with Crippen LogP contribution in [0.4, 0.5) is 0 Å². The molecular formula is C10H18BrNO3. The maximum absolute atomic E-state index is 12.0. The number of rotatable bonds is 2. The van der Waals surface area contributed by atoms with Crippen LogP contribution in [0.15, 0.2) is 0 Å². The fourth-order valence-electron chi connectivity index (χ4n) is 1.55. The molecule has 88 valence electrons. The maximum Gasteiger partial charge on any atom is 0.239 e. The van der Waals surface area contributed by atoms with Crippen LogP contribution in [0.25, 0.3) is 0 Å². The van der Waals surface area contributed by atoms with Gasteiger partial charge in [0, 0.05) is 6.54 Å². The molecule has 4 nitrogen and oxygen atoms in total. The second kappa shape index (κ2) is 4.80. The van der Waals surface area contributed by atoms with E-state index in [1.54, 1.807) is 4.90 Å². The molecule has 2 atom stereocenters. The SMILES string of the molecule is CC1COC(CO)CN1C(=O)C(C)(C)Br. The van der Waals surface area contributed by atoms with E-state index in [1.165, 1.54) is 0 Å². The molecule has 0 bridgehead atoms. The highest BCUT2D eigenvalue weighted by atomic mass is 79.9. The van der Waals surface area contributed by atoms with Crippen LogP contribution in [0.3, 0.4) is 0 Å². The van der Waals surface area contributed by atoms with Crippen molar-refractivity contribution in [2.75, 3.05) is 19.8 Å². The van der Waals surface area contributed by atoms with Crippen LogP contribution < -0.4 is 0 Å². The van der Waals surface area contributed by atoms with Crippen LogP contribution >= 0.6 is 15.9 Å². The van der Waals surface area contributed by atoms with Gasteiger partial charge in [0.15, 0.2) is 0 Å². The maximum atomic E-state index is 12.0. The van der Waals surface area contributed by atoms with Crippen molar-refractivity contribution in [3.63, 3.8) is 0 Å². The molecule has 1 fully saturated rings. The largest absolute Gasteiger partial charge is 0.394 e. The summed E-state index contributed by atoms with van der Waals surface area (Å²) in [5.41, 5.74) is 0. The van der Waals surface area contributed by atoms with Gasteiger partial charge in [0.2, 0.25) is 5.91 Å². The summed E-state index contributed by atoms with van der Waals surface area (Å²) in [6.07, 6.45) is -0.250. The highest BCUT2D eigenvalue weighted by Gasteiger charge is 2.35. The number of amides is 1.